The molecule has 4 nitrogen and oxygen atoms in total. The minimum Gasteiger partial charge on any atom is -0.423 e. The van der Waals surface area contributed by atoms with Crippen LogP contribution >= 0.6 is 11.6 Å². The van der Waals surface area contributed by atoms with E-state index < -0.39 is 5.82 Å². The molecule has 3 N–H and O–H groups in total. The van der Waals surface area contributed by atoms with Gasteiger partial charge in [0.05, 0.1) is 16.4 Å². The first-order valence-corrected chi connectivity index (χ1v) is 5.89. The Morgan fingerprint density at radius 2 is 2.00 bits per heavy atom. The molecule has 0 saturated carbocycles. The number of rotatable bonds is 2. The average Bonchev–Trinajstić information content (AvgIpc) is 2.78. The molecule has 3 rings (SSSR count). The highest BCUT2D eigenvalue weighted by atomic mass is 35.5. The molecule has 6 heteroatoms. The Hall–Kier alpha value is -2.27. The van der Waals surface area contributed by atoms with Gasteiger partial charge < -0.3 is 15.5 Å². The van der Waals surface area contributed by atoms with Crippen LogP contribution in [-0.2, 0) is 0 Å². The molecule has 3 aromatic rings. The Labute approximate surface area is 113 Å². The largest absolute Gasteiger partial charge is 0.423 e. The molecule has 0 atom stereocenters. The molecule has 0 aliphatic heterocycles. The second-order valence-electron chi connectivity index (χ2n) is 3.93. The third-order valence-electron chi connectivity index (χ3n) is 2.64. The van der Waals surface area contributed by atoms with Crippen LogP contribution in [-0.4, -0.2) is 4.98 Å². The number of nitrogens with one attached hydrogen (secondary N) is 1. The number of anilines is 3. The van der Waals surface area contributed by atoms with Gasteiger partial charge in [-0.3, -0.25) is 0 Å². The zero-order valence-corrected chi connectivity index (χ0v) is 10.4. The summed E-state index contributed by atoms with van der Waals surface area (Å²) in [4.78, 5) is 4.16. The molecule has 0 spiro atoms. The van der Waals surface area contributed by atoms with E-state index in [4.69, 9.17) is 21.8 Å². The third kappa shape index (κ3) is 2.08. The van der Waals surface area contributed by atoms with E-state index in [-0.39, 0.29) is 16.7 Å². The Morgan fingerprint density at radius 1 is 1.21 bits per heavy atom. The van der Waals surface area contributed by atoms with E-state index in [1.54, 1.807) is 24.3 Å². The maximum atomic E-state index is 13.6. The number of nitrogens with zero attached hydrogens (tertiary/aromatic N) is 1. The van der Waals surface area contributed by atoms with Crippen LogP contribution in [0.5, 0.6) is 0 Å². The highest BCUT2D eigenvalue weighted by Crippen LogP contribution is 2.30. The van der Waals surface area contributed by atoms with E-state index in [9.17, 15) is 4.39 Å². The summed E-state index contributed by atoms with van der Waals surface area (Å²) in [6.07, 6.45) is 0. The van der Waals surface area contributed by atoms with Crippen molar-refractivity contribution in [3.05, 3.63) is 47.2 Å². The van der Waals surface area contributed by atoms with E-state index >= 15 is 0 Å². The van der Waals surface area contributed by atoms with Crippen LogP contribution in [0.2, 0.25) is 5.02 Å². The standard InChI is InChI=1S/C13H9ClFN3O/c14-7-3-1-4-8(15)11(7)17-13-18-12-9(16)5-2-6-10(12)19-13/h1-6H,16H2,(H,17,18). The summed E-state index contributed by atoms with van der Waals surface area (Å²) in [5.41, 5.74) is 7.43. The van der Waals surface area contributed by atoms with Crippen LogP contribution in [0.25, 0.3) is 11.1 Å². The Kier molecular flexibility index (Phi) is 2.76. The van der Waals surface area contributed by atoms with E-state index in [0.717, 1.165) is 0 Å². The number of benzene rings is 2. The lowest BCUT2D eigenvalue weighted by Gasteiger charge is -2.04. The predicted octanol–water partition coefficient (Wildman–Crippen LogP) is 3.95. The third-order valence-corrected chi connectivity index (χ3v) is 2.96. The van der Waals surface area contributed by atoms with E-state index in [0.29, 0.717) is 16.8 Å². The smallest absolute Gasteiger partial charge is 0.300 e. The molecule has 0 saturated heterocycles. The minimum absolute atomic E-state index is 0.120. The maximum absolute atomic E-state index is 13.6. The SMILES string of the molecule is Nc1cccc2oc(Nc3c(F)cccc3Cl)nc12. The maximum Gasteiger partial charge on any atom is 0.300 e. The summed E-state index contributed by atoms with van der Waals surface area (Å²) in [6.45, 7) is 0. The fourth-order valence-corrected chi connectivity index (χ4v) is 1.96. The molecule has 0 bridgehead atoms. The quantitative estimate of drug-likeness (QED) is 0.696. The lowest BCUT2D eigenvalue weighted by molar-refractivity contribution is 0.611. The van der Waals surface area contributed by atoms with Gasteiger partial charge in [-0.2, -0.15) is 4.98 Å². The molecule has 0 unspecified atom stereocenters. The summed E-state index contributed by atoms with van der Waals surface area (Å²) in [6, 6.07) is 9.72. The number of aromatic nitrogens is 1. The lowest BCUT2D eigenvalue weighted by Crippen LogP contribution is -1.94. The summed E-state index contributed by atoms with van der Waals surface area (Å²) >= 11 is 5.91. The van der Waals surface area contributed by atoms with Crippen molar-refractivity contribution in [3.63, 3.8) is 0 Å². The van der Waals surface area contributed by atoms with Crippen molar-refractivity contribution in [1.82, 2.24) is 4.98 Å². The normalized spacial score (nSPS) is 10.8. The summed E-state index contributed by atoms with van der Waals surface area (Å²) in [5, 5.41) is 2.96. The topological polar surface area (TPSA) is 64.1 Å². The fourth-order valence-electron chi connectivity index (χ4n) is 1.75. The van der Waals surface area contributed by atoms with Crippen molar-refractivity contribution in [2.75, 3.05) is 11.1 Å². The Bertz CT molecular complexity index is 736. The van der Waals surface area contributed by atoms with Gasteiger partial charge >= 0.3 is 0 Å². The second kappa shape index (κ2) is 4.44. The van der Waals surface area contributed by atoms with Crippen LogP contribution in [0, 0.1) is 5.82 Å². The number of oxazole rings is 1. The first-order chi connectivity index (χ1) is 9.15. The zero-order valence-electron chi connectivity index (χ0n) is 9.65. The zero-order chi connectivity index (χ0) is 13.4. The molecule has 96 valence electrons. The van der Waals surface area contributed by atoms with Gasteiger partial charge in [-0.15, -0.1) is 0 Å². The van der Waals surface area contributed by atoms with Gasteiger partial charge in [-0.1, -0.05) is 23.7 Å². The molecule has 0 radical (unpaired) electrons. The molecule has 0 aliphatic rings. The summed E-state index contributed by atoms with van der Waals surface area (Å²) < 4.78 is 19.1. The van der Waals surface area contributed by atoms with Gasteiger partial charge in [-0.25, -0.2) is 4.39 Å². The molecule has 1 heterocycles. The number of para-hydroxylation sites is 2. The van der Waals surface area contributed by atoms with Crippen molar-refractivity contribution >= 4 is 40.1 Å². The lowest BCUT2D eigenvalue weighted by atomic mass is 10.3. The van der Waals surface area contributed by atoms with Crippen molar-refractivity contribution in [3.8, 4) is 0 Å². The van der Waals surface area contributed by atoms with Crippen molar-refractivity contribution < 1.29 is 8.81 Å². The van der Waals surface area contributed by atoms with Crippen LogP contribution in [0.1, 0.15) is 0 Å². The molecule has 0 amide bonds. The predicted molar refractivity (Wildman–Crippen MR) is 73.1 cm³/mol. The monoisotopic (exact) mass is 277 g/mol. The number of nitrogens with two attached hydrogens (primary N) is 1. The number of fused-ring (bicyclic) bond motifs is 1. The van der Waals surface area contributed by atoms with Gasteiger partial charge in [0.1, 0.15) is 11.3 Å². The van der Waals surface area contributed by atoms with Crippen LogP contribution in [0.4, 0.5) is 21.8 Å². The van der Waals surface area contributed by atoms with E-state index in [1.165, 1.54) is 12.1 Å². The van der Waals surface area contributed by atoms with Crippen LogP contribution in [0.3, 0.4) is 0 Å². The molecule has 0 aliphatic carbocycles. The molecule has 1 aromatic heterocycles. The second-order valence-corrected chi connectivity index (χ2v) is 4.34. The first-order valence-electron chi connectivity index (χ1n) is 5.51. The average molecular weight is 278 g/mol. The van der Waals surface area contributed by atoms with Crippen LogP contribution in [0.15, 0.2) is 40.8 Å². The number of nitrogen functional groups attached to an aromatic ring is 1. The van der Waals surface area contributed by atoms with Gasteiger partial charge in [-0.05, 0) is 24.3 Å². The van der Waals surface area contributed by atoms with Crippen molar-refractivity contribution in [1.29, 1.82) is 0 Å². The van der Waals surface area contributed by atoms with Gasteiger partial charge in [0.2, 0.25) is 0 Å². The Balaban J connectivity index is 2.04. The Morgan fingerprint density at radius 3 is 2.74 bits per heavy atom. The minimum atomic E-state index is -0.484. The molecular weight excluding hydrogens is 269 g/mol. The first kappa shape index (κ1) is 11.8. The number of halogens is 2. The van der Waals surface area contributed by atoms with Crippen molar-refractivity contribution in [2.45, 2.75) is 0 Å². The summed E-state index contributed by atoms with van der Waals surface area (Å²) in [7, 11) is 0. The molecule has 19 heavy (non-hydrogen) atoms. The number of hydrogen-bond acceptors (Lipinski definition) is 4. The van der Waals surface area contributed by atoms with Crippen molar-refractivity contribution in [2.24, 2.45) is 0 Å². The molecule has 0 fully saturated rings. The number of hydrogen-bond donors (Lipinski definition) is 2. The highest BCUT2D eigenvalue weighted by Gasteiger charge is 2.12. The van der Waals surface area contributed by atoms with E-state index in [1.807, 2.05) is 0 Å². The molecular formula is C13H9ClFN3O. The van der Waals surface area contributed by atoms with Gasteiger partial charge in [0.25, 0.3) is 6.01 Å². The van der Waals surface area contributed by atoms with Crippen LogP contribution < -0.4 is 11.1 Å². The fraction of sp³-hybridized carbons (Fsp3) is 0. The summed E-state index contributed by atoms with van der Waals surface area (Å²) in [5.74, 6) is -0.484. The highest BCUT2D eigenvalue weighted by molar-refractivity contribution is 6.33. The molecule has 2 aromatic carbocycles. The van der Waals surface area contributed by atoms with Gasteiger partial charge in [0, 0.05) is 0 Å². The van der Waals surface area contributed by atoms with Gasteiger partial charge in [0.15, 0.2) is 5.58 Å². The van der Waals surface area contributed by atoms with E-state index in [2.05, 4.69) is 10.3 Å².